The molecular formula is C27H23F4N3O. The van der Waals surface area contributed by atoms with E-state index in [9.17, 15) is 17.6 Å². The molecule has 0 radical (unpaired) electrons. The van der Waals surface area contributed by atoms with E-state index in [2.05, 4.69) is 33.4 Å². The van der Waals surface area contributed by atoms with Crippen molar-refractivity contribution in [2.75, 3.05) is 6.61 Å². The molecule has 1 aliphatic carbocycles. The Balaban J connectivity index is 1.51. The van der Waals surface area contributed by atoms with Gasteiger partial charge < -0.3 is 4.74 Å². The summed E-state index contributed by atoms with van der Waals surface area (Å²) in [6, 6.07) is 6.25. The number of pyridine rings is 1. The second-order valence-corrected chi connectivity index (χ2v) is 8.21. The number of aromatic nitrogens is 3. The number of alkyl halides is 2. The molecule has 2 heterocycles. The zero-order chi connectivity index (χ0) is 25.0. The molecule has 8 heteroatoms. The summed E-state index contributed by atoms with van der Waals surface area (Å²) in [4.78, 5) is 12.7. The maximum absolute atomic E-state index is 14.8. The van der Waals surface area contributed by atoms with Gasteiger partial charge in [0.1, 0.15) is 6.10 Å². The van der Waals surface area contributed by atoms with E-state index in [1.165, 1.54) is 24.5 Å². The largest absolute Gasteiger partial charge is 0.372 e. The SMILES string of the molecule is C=Cc1ccc(-c2ncc(-c3ccc(C#CC4CCC(OCC)C(F)(F)C4)c(F)c3F)cn2)cn1. The zero-order valence-electron chi connectivity index (χ0n) is 19.1. The summed E-state index contributed by atoms with van der Waals surface area (Å²) in [6.45, 7) is 5.53. The van der Waals surface area contributed by atoms with Gasteiger partial charge in [0.05, 0.1) is 11.3 Å². The molecule has 180 valence electrons. The van der Waals surface area contributed by atoms with Crippen LogP contribution < -0.4 is 0 Å². The van der Waals surface area contributed by atoms with E-state index < -0.39 is 36.0 Å². The zero-order valence-corrected chi connectivity index (χ0v) is 19.1. The first-order chi connectivity index (χ1) is 16.8. The molecule has 0 spiro atoms. The molecule has 0 amide bonds. The van der Waals surface area contributed by atoms with Gasteiger partial charge in [0, 0.05) is 54.2 Å². The van der Waals surface area contributed by atoms with E-state index in [1.54, 1.807) is 31.3 Å². The van der Waals surface area contributed by atoms with Crippen molar-refractivity contribution < 1.29 is 22.3 Å². The maximum Gasteiger partial charge on any atom is 0.274 e. The number of hydrogen-bond acceptors (Lipinski definition) is 4. The van der Waals surface area contributed by atoms with E-state index in [0.717, 1.165) is 0 Å². The number of hydrogen-bond donors (Lipinski definition) is 0. The highest BCUT2D eigenvalue weighted by molar-refractivity contribution is 5.65. The molecule has 2 aromatic heterocycles. The van der Waals surface area contributed by atoms with Crippen molar-refractivity contribution in [2.45, 2.75) is 38.2 Å². The van der Waals surface area contributed by atoms with Crippen LogP contribution >= 0.6 is 0 Å². The van der Waals surface area contributed by atoms with E-state index in [0.29, 0.717) is 23.5 Å². The Hall–Kier alpha value is -3.57. The van der Waals surface area contributed by atoms with Crippen molar-refractivity contribution in [1.82, 2.24) is 15.0 Å². The number of ether oxygens (including phenoxy) is 1. The Morgan fingerprint density at radius 2 is 1.77 bits per heavy atom. The third-order valence-corrected chi connectivity index (χ3v) is 5.84. The van der Waals surface area contributed by atoms with Crippen molar-refractivity contribution in [3.63, 3.8) is 0 Å². The topological polar surface area (TPSA) is 47.9 Å². The van der Waals surface area contributed by atoms with Crippen molar-refractivity contribution in [3.05, 3.63) is 72.3 Å². The van der Waals surface area contributed by atoms with Crippen LogP contribution in [-0.4, -0.2) is 33.6 Å². The maximum atomic E-state index is 14.8. The Labute approximate surface area is 201 Å². The number of rotatable bonds is 5. The lowest BCUT2D eigenvalue weighted by atomic mass is 9.84. The first kappa shape index (κ1) is 24.6. The van der Waals surface area contributed by atoms with Gasteiger partial charge in [0.25, 0.3) is 5.92 Å². The van der Waals surface area contributed by atoms with Gasteiger partial charge in [0.2, 0.25) is 0 Å². The number of halogens is 4. The van der Waals surface area contributed by atoms with Gasteiger partial charge in [-0.15, -0.1) is 0 Å². The van der Waals surface area contributed by atoms with E-state index in [-0.39, 0.29) is 29.7 Å². The quantitative estimate of drug-likeness (QED) is 0.316. The minimum atomic E-state index is -3.00. The molecule has 0 N–H and O–H groups in total. The summed E-state index contributed by atoms with van der Waals surface area (Å²) in [6.07, 6.45) is 4.97. The Morgan fingerprint density at radius 1 is 1.03 bits per heavy atom. The van der Waals surface area contributed by atoms with Gasteiger partial charge in [-0.05, 0) is 50.1 Å². The first-order valence-corrected chi connectivity index (χ1v) is 11.2. The molecule has 0 saturated heterocycles. The van der Waals surface area contributed by atoms with Gasteiger partial charge in [0.15, 0.2) is 17.5 Å². The molecule has 1 aromatic carbocycles. The van der Waals surface area contributed by atoms with Gasteiger partial charge in [-0.1, -0.05) is 18.4 Å². The van der Waals surface area contributed by atoms with Crippen LogP contribution in [0, 0.1) is 29.4 Å². The minimum absolute atomic E-state index is 0.0245. The average Bonchev–Trinajstić information content (AvgIpc) is 2.86. The molecule has 1 fully saturated rings. The molecule has 35 heavy (non-hydrogen) atoms. The second-order valence-electron chi connectivity index (χ2n) is 8.21. The summed E-state index contributed by atoms with van der Waals surface area (Å²) in [5, 5.41) is 0. The van der Waals surface area contributed by atoms with Gasteiger partial charge in [-0.3, -0.25) is 4.98 Å². The van der Waals surface area contributed by atoms with Crippen LogP contribution in [0.25, 0.3) is 28.6 Å². The summed E-state index contributed by atoms with van der Waals surface area (Å²) in [7, 11) is 0. The lowest BCUT2D eigenvalue weighted by Gasteiger charge is -2.33. The Bertz CT molecular complexity index is 1260. The van der Waals surface area contributed by atoms with Crippen molar-refractivity contribution in [3.8, 4) is 34.4 Å². The van der Waals surface area contributed by atoms with Gasteiger partial charge in [-0.25, -0.2) is 27.5 Å². The normalized spacial score (nSPS) is 19.0. The molecule has 3 aromatic rings. The molecule has 2 atom stereocenters. The highest BCUT2D eigenvalue weighted by Gasteiger charge is 2.45. The highest BCUT2D eigenvalue weighted by Crippen LogP contribution is 2.38. The fraction of sp³-hybridized carbons (Fsp3) is 0.296. The van der Waals surface area contributed by atoms with Crippen molar-refractivity contribution >= 4 is 6.08 Å². The molecule has 4 rings (SSSR count). The van der Waals surface area contributed by atoms with Gasteiger partial charge in [-0.2, -0.15) is 0 Å². The molecule has 1 saturated carbocycles. The average molecular weight is 481 g/mol. The van der Waals surface area contributed by atoms with Crippen LogP contribution in [-0.2, 0) is 4.74 Å². The lowest BCUT2D eigenvalue weighted by molar-refractivity contribution is -0.161. The monoisotopic (exact) mass is 481 g/mol. The summed E-state index contributed by atoms with van der Waals surface area (Å²) in [5.74, 6) is -0.254. The van der Waals surface area contributed by atoms with Gasteiger partial charge >= 0.3 is 0 Å². The predicted molar refractivity (Wildman–Crippen MR) is 125 cm³/mol. The Kier molecular flexibility index (Phi) is 7.27. The van der Waals surface area contributed by atoms with E-state index in [4.69, 9.17) is 4.74 Å². The smallest absolute Gasteiger partial charge is 0.274 e. The van der Waals surface area contributed by atoms with Crippen molar-refractivity contribution in [1.29, 1.82) is 0 Å². The van der Waals surface area contributed by atoms with Crippen molar-refractivity contribution in [2.24, 2.45) is 5.92 Å². The third-order valence-electron chi connectivity index (χ3n) is 5.84. The summed E-state index contributed by atoms with van der Waals surface area (Å²) in [5.41, 5.74) is 1.45. The molecule has 4 nitrogen and oxygen atoms in total. The standard InChI is InChI=1S/C27H23F4N3O/c1-3-21-10-8-19(14-32-21)26-33-15-20(16-34-26)22-11-9-18(24(28)25(22)29)7-5-17-6-12-23(35-4-2)27(30,31)13-17/h3,8-11,14-17,23H,1,4,6,12-13H2,2H3. The number of benzene rings is 1. The minimum Gasteiger partial charge on any atom is -0.372 e. The molecular weight excluding hydrogens is 458 g/mol. The van der Waals surface area contributed by atoms with Crippen LogP contribution in [0.3, 0.4) is 0 Å². The third kappa shape index (κ3) is 5.41. The molecule has 1 aliphatic rings. The fourth-order valence-corrected chi connectivity index (χ4v) is 3.98. The lowest BCUT2D eigenvalue weighted by Crippen LogP contribution is -2.41. The van der Waals surface area contributed by atoms with Crippen LogP contribution in [0.5, 0.6) is 0 Å². The van der Waals surface area contributed by atoms with E-state index >= 15 is 0 Å². The van der Waals surface area contributed by atoms with E-state index in [1.807, 2.05) is 0 Å². The molecule has 0 aliphatic heterocycles. The van der Waals surface area contributed by atoms with Crippen LogP contribution in [0.1, 0.15) is 37.4 Å². The highest BCUT2D eigenvalue weighted by atomic mass is 19.3. The van der Waals surface area contributed by atoms with Crippen LogP contribution in [0.2, 0.25) is 0 Å². The summed E-state index contributed by atoms with van der Waals surface area (Å²) < 4.78 is 63.2. The predicted octanol–water partition coefficient (Wildman–Crippen LogP) is 6.32. The summed E-state index contributed by atoms with van der Waals surface area (Å²) >= 11 is 0. The molecule has 0 bridgehead atoms. The number of nitrogens with zero attached hydrogens (tertiary/aromatic N) is 3. The van der Waals surface area contributed by atoms with Crippen LogP contribution in [0.4, 0.5) is 17.6 Å². The first-order valence-electron chi connectivity index (χ1n) is 11.2. The van der Waals surface area contributed by atoms with Crippen LogP contribution in [0.15, 0.2) is 49.4 Å². The molecule has 2 unspecified atom stereocenters. The Morgan fingerprint density at radius 3 is 2.40 bits per heavy atom. The fourth-order valence-electron chi connectivity index (χ4n) is 3.98. The second kappa shape index (κ2) is 10.4.